The van der Waals surface area contributed by atoms with Gasteiger partial charge in [0.25, 0.3) is 11.8 Å². The Balaban J connectivity index is 1.28. The predicted molar refractivity (Wildman–Crippen MR) is 137 cm³/mol. The lowest BCUT2D eigenvalue weighted by atomic mass is 10.1. The molecule has 2 aliphatic rings. The van der Waals surface area contributed by atoms with E-state index in [2.05, 4.69) is 26.3 Å². The van der Waals surface area contributed by atoms with Crippen molar-refractivity contribution in [2.24, 2.45) is 11.8 Å². The molecule has 2 aromatic carbocycles. The Bertz CT molecular complexity index is 1410. The zero-order valence-corrected chi connectivity index (χ0v) is 22.2. The van der Waals surface area contributed by atoms with Gasteiger partial charge in [0.2, 0.25) is 0 Å². The van der Waals surface area contributed by atoms with Gasteiger partial charge in [-0.1, -0.05) is 28.1 Å². The molecule has 37 heavy (non-hydrogen) atoms. The van der Waals surface area contributed by atoms with Crippen LogP contribution in [-0.2, 0) is 4.74 Å². The number of esters is 1. The fourth-order valence-electron chi connectivity index (χ4n) is 5.07. The topological polar surface area (TPSA) is 93.5 Å². The van der Waals surface area contributed by atoms with Crippen molar-refractivity contribution in [1.82, 2.24) is 20.0 Å². The number of nitrogens with one attached hydrogen (secondary N) is 1. The van der Waals surface area contributed by atoms with Crippen molar-refractivity contribution < 1.29 is 23.5 Å². The van der Waals surface area contributed by atoms with E-state index >= 15 is 0 Å². The number of para-hydroxylation sites is 1. The zero-order valence-electron chi connectivity index (χ0n) is 20.6. The van der Waals surface area contributed by atoms with Crippen molar-refractivity contribution in [2.45, 2.75) is 26.8 Å². The molecule has 2 amide bonds. The van der Waals surface area contributed by atoms with Crippen LogP contribution in [0.15, 0.2) is 47.1 Å². The maximum Gasteiger partial charge on any atom is 0.359 e. The van der Waals surface area contributed by atoms with E-state index in [1.54, 1.807) is 56.1 Å². The number of ether oxygens (including phenoxy) is 1. The average molecular weight is 569 g/mol. The van der Waals surface area contributed by atoms with Gasteiger partial charge in [-0.15, -0.1) is 0 Å². The summed E-state index contributed by atoms with van der Waals surface area (Å²) in [5.74, 6) is -1.40. The number of fused-ring (bicyclic) bond motifs is 1. The van der Waals surface area contributed by atoms with Crippen LogP contribution in [0.25, 0.3) is 5.69 Å². The van der Waals surface area contributed by atoms with Crippen molar-refractivity contribution in [2.75, 3.05) is 19.7 Å². The highest BCUT2D eigenvalue weighted by Crippen LogP contribution is 2.46. The van der Waals surface area contributed by atoms with Crippen molar-refractivity contribution in [3.8, 4) is 5.69 Å². The van der Waals surface area contributed by atoms with Gasteiger partial charge in [0, 0.05) is 47.2 Å². The van der Waals surface area contributed by atoms with E-state index in [9.17, 15) is 18.8 Å². The smallest absolute Gasteiger partial charge is 0.359 e. The summed E-state index contributed by atoms with van der Waals surface area (Å²) < 4.78 is 21.6. The summed E-state index contributed by atoms with van der Waals surface area (Å²) in [6.07, 6.45) is 1.70. The van der Waals surface area contributed by atoms with E-state index in [1.165, 1.54) is 10.7 Å². The molecule has 10 heteroatoms. The highest BCUT2D eigenvalue weighted by atomic mass is 79.9. The van der Waals surface area contributed by atoms with Crippen LogP contribution in [0.1, 0.15) is 49.3 Å². The van der Waals surface area contributed by atoms with Crippen molar-refractivity contribution >= 4 is 33.7 Å². The Morgan fingerprint density at radius 1 is 1.14 bits per heavy atom. The zero-order chi connectivity index (χ0) is 26.4. The van der Waals surface area contributed by atoms with Crippen molar-refractivity contribution in [1.29, 1.82) is 0 Å². The molecule has 0 radical (unpaired) electrons. The van der Waals surface area contributed by atoms with Crippen LogP contribution in [0.3, 0.4) is 0 Å². The summed E-state index contributed by atoms with van der Waals surface area (Å²) in [6.45, 7) is 6.43. The molecule has 2 fully saturated rings. The molecule has 0 spiro atoms. The molecule has 1 saturated heterocycles. The second-order valence-corrected chi connectivity index (χ2v) is 10.3. The number of aromatic nitrogens is 2. The lowest BCUT2D eigenvalue weighted by molar-refractivity contribution is 0.0517. The van der Waals surface area contributed by atoms with Crippen molar-refractivity contribution in [3.05, 3.63) is 80.8 Å². The first kappa shape index (κ1) is 25.1. The first-order valence-corrected chi connectivity index (χ1v) is 12.9. The van der Waals surface area contributed by atoms with Gasteiger partial charge < -0.3 is 15.0 Å². The summed E-state index contributed by atoms with van der Waals surface area (Å²) >= 11 is 3.35. The molecule has 1 N–H and O–H groups in total. The number of carbonyl (C=O) groups excluding carboxylic acids is 3. The molecule has 0 bridgehead atoms. The van der Waals surface area contributed by atoms with Gasteiger partial charge in [0.05, 0.1) is 23.4 Å². The number of rotatable bonds is 6. The van der Waals surface area contributed by atoms with Gasteiger partial charge in [-0.25, -0.2) is 13.9 Å². The lowest BCUT2D eigenvalue weighted by Crippen LogP contribution is -2.38. The van der Waals surface area contributed by atoms with Crippen LogP contribution in [-0.4, -0.2) is 58.2 Å². The van der Waals surface area contributed by atoms with Crippen LogP contribution < -0.4 is 5.32 Å². The summed E-state index contributed by atoms with van der Waals surface area (Å²) in [5.41, 5.74) is 2.49. The molecule has 1 unspecified atom stereocenters. The molecule has 8 nitrogen and oxygen atoms in total. The molecule has 3 atom stereocenters. The first-order chi connectivity index (χ1) is 17.7. The maximum absolute atomic E-state index is 14.3. The Kier molecular flexibility index (Phi) is 6.61. The van der Waals surface area contributed by atoms with E-state index in [-0.39, 0.29) is 41.6 Å². The molecule has 1 aliphatic carbocycles. The number of nitrogens with zero attached hydrogens (tertiary/aromatic N) is 3. The number of halogens is 2. The van der Waals surface area contributed by atoms with Gasteiger partial charge in [-0.3, -0.25) is 9.59 Å². The summed E-state index contributed by atoms with van der Waals surface area (Å²) in [7, 11) is 0. The Morgan fingerprint density at radius 2 is 1.84 bits per heavy atom. The second kappa shape index (κ2) is 9.74. The van der Waals surface area contributed by atoms with Gasteiger partial charge in [0.15, 0.2) is 5.69 Å². The third-order valence-corrected chi connectivity index (χ3v) is 7.96. The highest BCUT2D eigenvalue weighted by molar-refractivity contribution is 9.10. The third-order valence-electron chi connectivity index (χ3n) is 7.10. The Morgan fingerprint density at radius 3 is 2.54 bits per heavy atom. The van der Waals surface area contributed by atoms with Gasteiger partial charge in [-0.2, -0.15) is 5.10 Å². The van der Waals surface area contributed by atoms with Crippen molar-refractivity contribution in [3.63, 3.8) is 0 Å². The van der Waals surface area contributed by atoms with Gasteiger partial charge in [0.1, 0.15) is 5.82 Å². The standard InChI is InChI=1S/C27H26BrFN4O4/c1-4-37-27(36)23-14(2)11-33(31-23)21-8-6-5-7-16(21)26(35)32-12-17-18(13-32)24(17)30-25(34)22-15(3)19(28)9-10-20(22)29/h5-11,17-18,24H,4,12-13H2,1-3H3,(H,30,34)/t17-,18+,24?. The lowest BCUT2D eigenvalue weighted by Gasteiger charge is -2.22. The van der Waals surface area contributed by atoms with E-state index < -0.39 is 17.7 Å². The molecule has 3 aromatic rings. The van der Waals surface area contributed by atoms with E-state index in [0.717, 1.165) is 0 Å². The number of carbonyl (C=O) groups is 3. The number of aryl methyl sites for hydroxylation is 1. The predicted octanol–water partition coefficient (Wildman–Crippen LogP) is 4.07. The minimum absolute atomic E-state index is 0.0397. The summed E-state index contributed by atoms with van der Waals surface area (Å²) in [4.78, 5) is 40.2. The number of hydrogen-bond acceptors (Lipinski definition) is 5. The molecular weight excluding hydrogens is 543 g/mol. The van der Waals surface area contributed by atoms with E-state index in [4.69, 9.17) is 4.74 Å². The SMILES string of the molecule is CCOC(=O)c1nn(-c2ccccc2C(=O)N2C[C@@H]3C(NC(=O)c4c(F)ccc(Br)c4C)[C@@H]3C2)cc1C. The second-order valence-electron chi connectivity index (χ2n) is 9.41. The molecule has 192 valence electrons. The largest absolute Gasteiger partial charge is 0.461 e. The monoisotopic (exact) mass is 568 g/mol. The Labute approximate surface area is 221 Å². The molecule has 2 heterocycles. The quantitative estimate of drug-likeness (QED) is 0.452. The molecule has 1 saturated carbocycles. The minimum Gasteiger partial charge on any atom is -0.461 e. The van der Waals surface area contributed by atoms with Gasteiger partial charge in [-0.05, 0) is 50.6 Å². The number of benzene rings is 2. The summed E-state index contributed by atoms with van der Waals surface area (Å²) in [6, 6.07) is 9.87. The minimum atomic E-state index is -0.558. The van der Waals surface area contributed by atoms with Crippen LogP contribution in [0.5, 0.6) is 0 Å². The number of piperidine rings is 1. The fraction of sp³-hybridized carbons (Fsp3) is 0.333. The number of likely N-dealkylation sites (tertiary alicyclic amines) is 1. The fourth-order valence-corrected chi connectivity index (χ4v) is 5.40. The summed E-state index contributed by atoms with van der Waals surface area (Å²) in [5, 5.41) is 7.33. The average Bonchev–Trinajstić information content (AvgIpc) is 3.20. The normalized spacial score (nSPS) is 19.9. The number of amides is 2. The first-order valence-electron chi connectivity index (χ1n) is 12.1. The molecule has 5 rings (SSSR count). The molecular formula is C27H26BrFN4O4. The van der Waals surface area contributed by atoms with Crippen LogP contribution >= 0.6 is 15.9 Å². The van der Waals surface area contributed by atoms with Crippen LogP contribution in [0.4, 0.5) is 4.39 Å². The van der Waals surface area contributed by atoms with Crippen LogP contribution in [0.2, 0.25) is 0 Å². The van der Waals surface area contributed by atoms with E-state index in [1.807, 2.05) is 6.07 Å². The Hall–Kier alpha value is -3.53. The maximum atomic E-state index is 14.3. The number of hydrogen-bond donors (Lipinski definition) is 1. The van der Waals surface area contributed by atoms with Gasteiger partial charge >= 0.3 is 5.97 Å². The molecule has 1 aliphatic heterocycles. The third kappa shape index (κ3) is 4.54. The highest BCUT2D eigenvalue weighted by Gasteiger charge is 2.57. The van der Waals surface area contributed by atoms with Crippen LogP contribution in [0, 0.1) is 31.5 Å². The van der Waals surface area contributed by atoms with E-state index in [0.29, 0.717) is 39.9 Å². The molecule has 1 aromatic heterocycles.